The van der Waals surface area contributed by atoms with Gasteiger partial charge in [0.25, 0.3) is 0 Å². The van der Waals surface area contributed by atoms with Gasteiger partial charge in [0.1, 0.15) is 0 Å². The van der Waals surface area contributed by atoms with Crippen LogP contribution in [-0.2, 0) is 11.3 Å². The van der Waals surface area contributed by atoms with Crippen molar-refractivity contribution in [2.45, 2.75) is 19.4 Å². The molecule has 0 spiro atoms. The second-order valence-electron chi connectivity index (χ2n) is 5.29. The van der Waals surface area contributed by atoms with Gasteiger partial charge in [0, 0.05) is 31.8 Å². The Morgan fingerprint density at radius 2 is 1.92 bits per heavy atom. The van der Waals surface area contributed by atoms with Crippen LogP contribution in [0.3, 0.4) is 0 Å². The number of ketones is 1. The Morgan fingerprint density at radius 3 is 2.58 bits per heavy atom. The third-order valence-electron chi connectivity index (χ3n) is 3.57. The van der Waals surface area contributed by atoms with Gasteiger partial charge in [0.15, 0.2) is 5.78 Å². The van der Waals surface area contributed by atoms with E-state index in [1.54, 1.807) is 16.9 Å². The van der Waals surface area contributed by atoms with E-state index in [1.165, 1.54) is 11.3 Å². The maximum Gasteiger partial charge on any atom is 0.220 e. The van der Waals surface area contributed by atoms with Gasteiger partial charge in [-0.15, -0.1) is 11.3 Å². The van der Waals surface area contributed by atoms with Crippen LogP contribution in [0.2, 0.25) is 0 Å². The molecule has 1 aromatic carbocycles. The van der Waals surface area contributed by atoms with Crippen molar-refractivity contribution >= 4 is 23.0 Å². The Morgan fingerprint density at radius 1 is 1.08 bits per heavy atom. The topological polar surface area (TPSA) is 64.0 Å². The number of hydrogen-bond donors (Lipinski definition) is 1. The summed E-state index contributed by atoms with van der Waals surface area (Å²) in [6, 6.07) is 13.3. The maximum atomic E-state index is 11.9. The monoisotopic (exact) mass is 339 g/mol. The van der Waals surface area contributed by atoms with Crippen LogP contribution in [0.1, 0.15) is 28.1 Å². The lowest BCUT2D eigenvalue weighted by Gasteiger charge is -2.06. The van der Waals surface area contributed by atoms with Crippen molar-refractivity contribution in [2.75, 3.05) is 0 Å². The molecular weight excluding hydrogens is 322 g/mol. The highest BCUT2D eigenvalue weighted by atomic mass is 32.1. The molecule has 5 nitrogen and oxygen atoms in total. The summed E-state index contributed by atoms with van der Waals surface area (Å²) in [4.78, 5) is 24.4. The van der Waals surface area contributed by atoms with Gasteiger partial charge in [-0.1, -0.05) is 18.2 Å². The van der Waals surface area contributed by atoms with Crippen LogP contribution in [0.25, 0.3) is 5.69 Å². The number of aromatic nitrogens is 2. The fourth-order valence-electron chi connectivity index (χ4n) is 2.26. The molecule has 0 aliphatic heterocycles. The minimum absolute atomic E-state index is 0.0173. The molecule has 1 amide bonds. The molecule has 0 unspecified atom stereocenters. The van der Waals surface area contributed by atoms with Crippen molar-refractivity contribution in [3.8, 4) is 5.69 Å². The largest absolute Gasteiger partial charge is 0.352 e. The van der Waals surface area contributed by atoms with Crippen molar-refractivity contribution in [3.63, 3.8) is 0 Å². The van der Waals surface area contributed by atoms with Crippen LogP contribution in [-0.4, -0.2) is 21.5 Å². The molecule has 0 bridgehead atoms. The van der Waals surface area contributed by atoms with Gasteiger partial charge in [0.05, 0.1) is 10.6 Å². The maximum absolute atomic E-state index is 11.9. The lowest BCUT2D eigenvalue weighted by Crippen LogP contribution is -2.23. The zero-order chi connectivity index (χ0) is 16.8. The number of amides is 1. The molecular formula is C18H17N3O2S. The van der Waals surface area contributed by atoms with Gasteiger partial charge in [-0.25, -0.2) is 4.68 Å². The molecule has 0 fully saturated rings. The molecule has 0 aliphatic rings. The normalized spacial score (nSPS) is 10.5. The van der Waals surface area contributed by atoms with Crippen molar-refractivity contribution in [1.82, 2.24) is 15.1 Å². The summed E-state index contributed by atoms with van der Waals surface area (Å²) >= 11 is 1.40. The van der Waals surface area contributed by atoms with Gasteiger partial charge in [-0.2, -0.15) is 5.10 Å². The summed E-state index contributed by atoms with van der Waals surface area (Å²) in [6.45, 7) is 0.450. The second-order valence-corrected chi connectivity index (χ2v) is 6.24. The molecule has 2 heterocycles. The lowest BCUT2D eigenvalue weighted by molar-refractivity contribution is -0.121. The summed E-state index contributed by atoms with van der Waals surface area (Å²) in [5.41, 5.74) is 1.97. The quantitative estimate of drug-likeness (QED) is 0.672. The highest BCUT2D eigenvalue weighted by Crippen LogP contribution is 2.12. The van der Waals surface area contributed by atoms with Gasteiger partial charge in [-0.05, 0) is 35.2 Å². The molecule has 0 saturated heterocycles. The van der Waals surface area contributed by atoms with E-state index in [0.29, 0.717) is 11.4 Å². The lowest BCUT2D eigenvalue weighted by atomic mass is 10.1. The Balaban J connectivity index is 1.45. The first kappa shape index (κ1) is 16.1. The summed E-state index contributed by atoms with van der Waals surface area (Å²) in [5.74, 6) is -0.0974. The third kappa shape index (κ3) is 4.17. The van der Waals surface area contributed by atoms with E-state index in [9.17, 15) is 9.59 Å². The standard InChI is InChI=1S/C18H17N3O2S/c22-16(17-3-1-12-24-17)8-9-18(23)19-13-14-4-6-15(7-5-14)21-11-2-10-20-21/h1-7,10-12H,8-9,13H2,(H,19,23). The number of nitrogens with one attached hydrogen (secondary N) is 1. The van der Waals surface area contributed by atoms with Gasteiger partial charge in [-0.3, -0.25) is 9.59 Å². The number of Topliss-reactive ketones (excluding diaryl/α,β-unsaturated/α-hetero) is 1. The molecule has 3 aromatic rings. The molecule has 0 saturated carbocycles. The second kappa shape index (κ2) is 7.70. The minimum Gasteiger partial charge on any atom is -0.352 e. The van der Waals surface area contributed by atoms with E-state index < -0.39 is 0 Å². The van der Waals surface area contributed by atoms with E-state index in [1.807, 2.05) is 48.0 Å². The molecule has 122 valence electrons. The fourth-order valence-corrected chi connectivity index (χ4v) is 2.96. The van der Waals surface area contributed by atoms with Crippen LogP contribution in [0.5, 0.6) is 0 Å². The van der Waals surface area contributed by atoms with E-state index in [4.69, 9.17) is 0 Å². The van der Waals surface area contributed by atoms with Gasteiger partial charge in [0.2, 0.25) is 5.91 Å². The molecule has 1 N–H and O–H groups in total. The van der Waals surface area contributed by atoms with Gasteiger partial charge >= 0.3 is 0 Å². The van der Waals surface area contributed by atoms with E-state index >= 15 is 0 Å². The molecule has 6 heteroatoms. The van der Waals surface area contributed by atoms with Crippen molar-refractivity contribution < 1.29 is 9.59 Å². The van der Waals surface area contributed by atoms with Crippen molar-refractivity contribution in [1.29, 1.82) is 0 Å². The van der Waals surface area contributed by atoms with E-state index in [0.717, 1.165) is 11.3 Å². The van der Waals surface area contributed by atoms with Crippen LogP contribution in [0.4, 0.5) is 0 Å². The van der Waals surface area contributed by atoms with Crippen LogP contribution < -0.4 is 5.32 Å². The predicted molar refractivity (Wildman–Crippen MR) is 93.3 cm³/mol. The highest BCUT2D eigenvalue weighted by molar-refractivity contribution is 7.12. The first-order valence-corrected chi connectivity index (χ1v) is 8.53. The Hall–Kier alpha value is -2.73. The van der Waals surface area contributed by atoms with Crippen LogP contribution in [0, 0.1) is 0 Å². The summed E-state index contributed by atoms with van der Waals surface area (Å²) < 4.78 is 1.78. The summed E-state index contributed by atoms with van der Waals surface area (Å²) in [5, 5.41) is 8.87. The van der Waals surface area contributed by atoms with Crippen molar-refractivity contribution in [2.24, 2.45) is 0 Å². The number of thiophene rings is 1. The number of carbonyl (C=O) groups is 2. The zero-order valence-corrected chi connectivity index (χ0v) is 13.8. The Kier molecular flexibility index (Phi) is 5.18. The number of carbonyl (C=O) groups excluding carboxylic acids is 2. The molecule has 0 radical (unpaired) electrons. The fraction of sp³-hybridized carbons (Fsp3) is 0.167. The predicted octanol–water partition coefficient (Wildman–Crippen LogP) is 3.21. The summed E-state index contributed by atoms with van der Waals surface area (Å²) in [6.07, 6.45) is 4.06. The number of hydrogen-bond acceptors (Lipinski definition) is 4. The Labute approximate surface area is 143 Å². The molecule has 3 rings (SSSR count). The molecule has 24 heavy (non-hydrogen) atoms. The number of nitrogens with zero attached hydrogens (tertiary/aromatic N) is 2. The van der Waals surface area contributed by atoms with Crippen LogP contribution >= 0.6 is 11.3 Å². The first-order chi connectivity index (χ1) is 11.7. The van der Waals surface area contributed by atoms with Gasteiger partial charge < -0.3 is 5.32 Å². The Bertz CT molecular complexity index is 793. The highest BCUT2D eigenvalue weighted by Gasteiger charge is 2.10. The van der Waals surface area contributed by atoms with Crippen LogP contribution in [0.15, 0.2) is 60.2 Å². The molecule has 2 aromatic heterocycles. The molecule has 0 aliphatic carbocycles. The van der Waals surface area contributed by atoms with E-state index in [2.05, 4.69) is 10.4 Å². The van der Waals surface area contributed by atoms with Crippen molar-refractivity contribution in [3.05, 3.63) is 70.7 Å². The first-order valence-electron chi connectivity index (χ1n) is 7.65. The number of benzene rings is 1. The molecule has 0 atom stereocenters. The third-order valence-corrected chi connectivity index (χ3v) is 4.48. The smallest absolute Gasteiger partial charge is 0.220 e. The minimum atomic E-state index is -0.115. The summed E-state index contributed by atoms with van der Waals surface area (Å²) in [7, 11) is 0. The zero-order valence-electron chi connectivity index (χ0n) is 13.0. The number of rotatable bonds is 7. The van der Waals surface area contributed by atoms with E-state index in [-0.39, 0.29) is 24.5 Å². The average molecular weight is 339 g/mol. The SMILES string of the molecule is O=C(CCC(=O)c1cccs1)NCc1ccc(-n2cccn2)cc1. The average Bonchev–Trinajstić information content (AvgIpc) is 3.31.